The number of hydrogen-bond donors (Lipinski definition) is 0. The zero-order chi connectivity index (χ0) is 62.2. The molecule has 0 amide bonds. The maximum absolute atomic E-state index is 4.48. The van der Waals surface area contributed by atoms with Crippen molar-refractivity contribution in [1.82, 2.24) is 0 Å². The van der Waals surface area contributed by atoms with E-state index in [1.54, 1.807) is 0 Å². The molecule has 0 spiro atoms. The number of rotatable bonds is 12. The summed E-state index contributed by atoms with van der Waals surface area (Å²) in [5.74, 6) is 0. The summed E-state index contributed by atoms with van der Waals surface area (Å²) in [7, 11) is 0. The summed E-state index contributed by atoms with van der Waals surface area (Å²) in [6.07, 6.45) is 5.11. The first kappa shape index (κ1) is 74.8. The molecule has 0 aliphatic heterocycles. The Morgan fingerprint density at radius 1 is 0.244 bits per heavy atom. The van der Waals surface area contributed by atoms with Crippen LogP contribution < -0.4 is 0 Å². The predicted molar refractivity (Wildman–Crippen MR) is 358 cm³/mol. The minimum absolute atomic E-state index is 0.381. The van der Waals surface area contributed by atoms with E-state index in [0.29, 0.717) is 36.3 Å². The normalized spacial score (nSPS) is 11.3. The van der Waals surface area contributed by atoms with Crippen LogP contribution in [0.4, 0.5) is 34.1 Å². The van der Waals surface area contributed by atoms with Crippen molar-refractivity contribution in [2.75, 3.05) is 0 Å². The number of nitrogens with zero attached hydrogens (tertiary/aromatic N) is 6. The van der Waals surface area contributed by atoms with Gasteiger partial charge in [0.25, 0.3) is 0 Å². The quantitative estimate of drug-likeness (QED) is 0.109. The van der Waals surface area contributed by atoms with Gasteiger partial charge in [-0.1, -0.05) is 259 Å². The fourth-order valence-electron chi connectivity index (χ4n) is 9.07. The van der Waals surface area contributed by atoms with E-state index in [0.717, 1.165) is 34.1 Å². The Morgan fingerprint density at radius 2 is 0.366 bits per heavy atom. The summed E-state index contributed by atoms with van der Waals surface area (Å²) < 4.78 is 6.47. The van der Waals surface area contributed by atoms with Crippen molar-refractivity contribution in [3.05, 3.63) is 219 Å². The van der Waals surface area contributed by atoms with Crippen LogP contribution in [-0.4, -0.2) is 36.3 Å². The van der Waals surface area contributed by atoms with Crippen LogP contribution >= 0.6 is 0 Å². The summed E-state index contributed by atoms with van der Waals surface area (Å²) in [5, 5.41) is 26.9. The molecule has 0 unspecified atom stereocenters. The molecule has 7 rings (SSSR count). The third kappa shape index (κ3) is 36.4. The molecule has 0 saturated carbocycles. The molecular weight excluding hydrogens is 1160 g/mol. The van der Waals surface area contributed by atoms with E-state index < -0.39 is 0 Å². The van der Waals surface area contributed by atoms with Crippen molar-refractivity contribution < 1.29 is 38.3 Å². The molecule has 0 radical (unpaired) electrons. The van der Waals surface area contributed by atoms with Gasteiger partial charge in [-0.05, 0) is 83.1 Å². The number of benzene rings is 6. The van der Waals surface area contributed by atoms with Crippen molar-refractivity contribution in [2.45, 2.75) is 228 Å². The average molecular weight is 1270 g/mol. The van der Waals surface area contributed by atoms with Gasteiger partial charge in [-0.3, -0.25) is 0 Å². The van der Waals surface area contributed by atoms with Crippen LogP contribution in [0.15, 0.2) is 120 Å². The Hall–Kier alpha value is -5.20. The second kappa shape index (κ2) is 40.1. The summed E-state index contributed by atoms with van der Waals surface area (Å²) in [6.45, 7) is 50.4. The summed E-state index contributed by atoms with van der Waals surface area (Å²) in [4.78, 5) is 0. The van der Waals surface area contributed by atoms with Crippen molar-refractivity contribution in [1.29, 1.82) is 0 Å². The summed E-state index contributed by atoms with van der Waals surface area (Å²) >= 11 is 3.87. The van der Waals surface area contributed by atoms with Crippen LogP contribution in [0.1, 0.15) is 176 Å². The van der Waals surface area contributed by atoms with Crippen molar-refractivity contribution in [3.63, 3.8) is 0 Å². The molecule has 0 atom stereocenters. The Balaban J connectivity index is 0.000000479. The van der Waals surface area contributed by atoms with Gasteiger partial charge in [0.2, 0.25) is 0 Å². The maximum atomic E-state index is 4.48. The van der Waals surface area contributed by atoms with E-state index >= 15 is 0 Å². The van der Waals surface area contributed by atoms with E-state index in [1.807, 2.05) is 38.3 Å². The monoisotopic (exact) mass is 1270 g/mol. The topological polar surface area (TPSA) is 84.6 Å². The molecule has 0 saturated heterocycles. The van der Waals surface area contributed by atoms with Gasteiger partial charge in [0, 0.05) is 0 Å². The minimum atomic E-state index is 0.381. The van der Waals surface area contributed by atoms with Crippen molar-refractivity contribution >= 4 is 34.1 Å². The Labute approximate surface area is 524 Å². The predicted octanol–water partition coefficient (Wildman–Crippen LogP) is 24.2. The SMILES string of the molecule is Cc1cc(C)cc([N-]C(C)C)c1.Cc1cc(C)cc([N-]C(C)C)c1.Cc1cc(C)cc([N-]C(C)C)c1.Cc1cc(C)cc([N-]C(C)C)c1.Cc1cc(C)cc([N-]C(C)C)c1.Cc1cc(C)cc([N-]C(C)C)c1.[Mo]#[C]C1=C([C]#[Mo])CCCC1. The molecule has 0 aromatic heterocycles. The van der Waals surface area contributed by atoms with E-state index in [2.05, 4.69) is 316 Å². The third-order valence-electron chi connectivity index (χ3n) is 11.4. The van der Waals surface area contributed by atoms with Gasteiger partial charge < -0.3 is 31.9 Å². The van der Waals surface area contributed by atoms with Crippen LogP contribution in [0.2, 0.25) is 0 Å². The molecule has 0 N–H and O–H groups in total. The van der Waals surface area contributed by atoms with Gasteiger partial charge in [-0.15, -0.1) is 70.4 Å². The number of hydrogen-bond acceptors (Lipinski definition) is 0. The van der Waals surface area contributed by atoms with Gasteiger partial charge in [0.05, 0.1) is 0 Å². The average Bonchev–Trinajstić information content (AvgIpc) is 3.29. The third-order valence-corrected chi connectivity index (χ3v) is 12.6. The molecule has 448 valence electrons. The molecule has 1 aliphatic rings. The fraction of sp³-hybridized carbons (Fsp3) is 0.459. The van der Waals surface area contributed by atoms with Gasteiger partial charge in [0.1, 0.15) is 0 Å². The Kier molecular flexibility index (Phi) is 36.6. The van der Waals surface area contributed by atoms with Crippen molar-refractivity contribution in [2.24, 2.45) is 0 Å². The van der Waals surface area contributed by atoms with Crippen LogP contribution in [0, 0.1) is 91.5 Å². The molecule has 6 aromatic rings. The molecule has 8 heteroatoms. The van der Waals surface area contributed by atoms with E-state index in [9.17, 15) is 0 Å². The summed E-state index contributed by atoms with van der Waals surface area (Å²) in [5.41, 5.74) is 24.8. The first-order valence-electron chi connectivity index (χ1n) is 29.6. The molecular formula is C74H104Mo2N6-6. The zero-order valence-corrected chi connectivity index (χ0v) is 59.2. The van der Waals surface area contributed by atoms with Crippen LogP contribution in [0.3, 0.4) is 0 Å². The van der Waals surface area contributed by atoms with Crippen LogP contribution in [-0.2, 0) is 38.3 Å². The zero-order valence-electron chi connectivity index (χ0n) is 55.2. The van der Waals surface area contributed by atoms with E-state index in [-0.39, 0.29) is 0 Å². The summed E-state index contributed by atoms with van der Waals surface area (Å²) in [6, 6.07) is 40.7. The Bertz CT molecular complexity index is 2350. The van der Waals surface area contributed by atoms with Crippen LogP contribution in [0.5, 0.6) is 0 Å². The Morgan fingerprint density at radius 3 is 0.463 bits per heavy atom. The van der Waals surface area contributed by atoms with Gasteiger partial charge in [-0.25, -0.2) is 0 Å². The number of allylic oxidation sites excluding steroid dienone is 2. The molecule has 0 heterocycles. The molecule has 6 aromatic carbocycles. The molecule has 82 heavy (non-hydrogen) atoms. The first-order chi connectivity index (χ1) is 38.3. The fourth-order valence-corrected chi connectivity index (χ4v) is 10.2. The molecule has 0 fully saturated rings. The van der Waals surface area contributed by atoms with E-state index in [4.69, 9.17) is 0 Å². The molecule has 1 aliphatic carbocycles. The second-order valence-electron chi connectivity index (χ2n) is 23.8. The molecule has 0 bridgehead atoms. The van der Waals surface area contributed by atoms with Gasteiger partial charge in [0.15, 0.2) is 0 Å². The van der Waals surface area contributed by atoms with E-state index in [1.165, 1.54) is 104 Å². The molecule has 6 nitrogen and oxygen atoms in total. The standard InChI is InChI=1S/6C11H16N.C8H8.2Mo/c6*1-8(2)12-11-6-9(3)5-10(4)7-11;1-7-5-3-4-6-8(7)2;;/h6*5-8H,1-4H3;3-6H2;;/q6*-1;;;. The second-order valence-corrected chi connectivity index (χ2v) is 24.8. The first-order valence-corrected chi connectivity index (χ1v) is 31.6. The van der Waals surface area contributed by atoms with Gasteiger partial charge >= 0.3 is 83.5 Å². The van der Waals surface area contributed by atoms with Crippen molar-refractivity contribution in [3.8, 4) is 8.40 Å². The van der Waals surface area contributed by atoms with Crippen LogP contribution in [0.25, 0.3) is 31.9 Å². The number of aryl methyl sites for hydroxylation is 12. The van der Waals surface area contributed by atoms with Gasteiger partial charge in [-0.2, -0.15) is 0 Å².